The summed E-state index contributed by atoms with van der Waals surface area (Å²) in [6, 6.07) is 17.4. The number of aromatic nitrogens is 5. The molecule has 10 nitrogen and oxygen atoms in total. The van der Waals surface area contributed by atoms with Crippen LogP contribution in [0.5, 0.6) is 5.75 Å². The van der Waals surface area contributed by atoms with Gasteiger partial charge in [0.25, 0.3) is 5.56 Å². The number of nitrogens with two attached hydrogens (primary N) is 1. The number of ketones is 1. The number of anilines is 1. The van der Waals surface area contributed by atoms with Gasteiger partial charge in [0.15, 0.2) is 10.9 Å². The second-order valence-electron chi connectivity index (χ2n) is 8.00. The van der Waals surface area contributed by atoms with E-state index in [4.69, 9.17) is 10.5 Å². The van der Waals surface area contributed by atoms with E-state index in [1.54, 1.807) is 0 Å². The molecule has 0 aliphatic heterocycles. The van der Waals surface area contributed by atoms with E-state index in [-0.39, 0.29) is 17.1 Å². The average Bonchev–Trinajstić information content (AvgIpc) is 3.28. The van der Waals surface area contributed by atoms with Gasteiger partial charge in [-0.05, 0) is 36.8 Å². The number of hydrogen-bond donors (Lipinski definition) is 1. The van der Waals surface area contributed by atoms with Crippen LogP contribution in [0.15, 0.2) is 69.3 Å². The summed E-state index contributed by atoms with van der Waals surface area (Å²) in [6.07, 6.45) is 0.532. The van der Waals surface area contributed by atoms with Crippen molar-refractivity contribution in [2.45, 2.75) is 18.5 Å². The number of nitrogens with zero attached hydrogens (tertiary/aromatic N) is 5. The molecule has 0 amide bonds. The van der Waals surface area contributed by atoms with Crippen molar-refractivity contribution in [3.8, 4) is 11.4 Å². The van der Waals surface area contributed by atoms with Gasteiger partial charge in [-0.1, -0.05) is 42.1 Å². The Morgan fingerprint density at radius 1 is 1.00 bits per heavy atom. The van der Waals surface area contributed by atoms with E-state index in [1.165, 1.54) is 14.1 Å². The molecule has 4 aromatic rings. The Hall–Kier alpha value is -4.12. The number of benzene rings is 2. The summed E-state index contributed by atoms with van der Waals surface area (Å²) in [5.74, 6) is 0.658. The quantitative estimate of drug-likeness (QED) is 0.270. The normalized spacial score (nSPS) is 11.0. The summed E-state index contributed by atoms with van der Waals surface area (Å²) in [7, 11) is 2.73. The third-order valence-electron chi connectivity index (χ3n) is 5.63. The SMILES string of the molecule is CCOc1ccc(-n2c(Cc3ccccc3)nnc2SCC(=O)c2c(N)n(C)c(=O)n(C)c2=O)cc1. The van der Waals surface area contributed by atoms with E-state index >= 15 is 0 Å². The molecule has 2 aromatic carbocycles. The van der Waals surface area contributed by atoms with Gasteiger partial charge in [-0.2, -0.15) is 0 Å². The van der Waals surface area contributed by atoms with Crippen molar-refractivity contribution >= 4 is 23.4 Å². The van der Waals surface area contributed by atoms with Crippen LogP contribution in [0, 0.1) is 0 Å². The molecule has 0 fully saturated rings. The molecule has 0 aliphatic rings. The highest BCUT2D eigenvalue weighted by atomic mass is 32.2. The van der Waals surface area contributed by atoms with E-state index in [0.717, 1.165) is 37.9 Å². The van der Waals surface area contributed by atoms with E-state index in [0.29, 0.717) is 24.0 Å². The molecular formula is C25H26N6O4S. The Kier molecular flexibility index (Phi) is 7.39. The number of thioether (sulfide) groups is 1. The van der Waals surface area contributed by atoms with Gasteiger partial charge in [0.2, 0.25) is 0 Å². The van der Waals surface area contributed by atoms with Gasteiger partial charge in [-0.15, -0.1) is 10.2 Å². The van der Waals surface area contributed by atoms with Gasteiger partial charge in [0, 0.05) is 26.2 Å². The maximum Gasteiger partial charge on any atom is 0.332 e. The summed E-state index contributed by atoms with van der Waals surface area (Å²) in [6.45, 7) is 2.48. The topological polar surface area (TPSA) is 127 Å². The van der Waals surface area contributed by atoms with E-state index in [9.17, 15) is 14.4 Å². The fourth-order valence-corrected chi connectivity index (χ4v) is 4.57. The lowest BCUT2D eigenvalue weighted by molar-refractivity contribution is 0.102. The van der Waals surface area contributed by atoms with Crippen LogP contribution >= 0.6 is 11.8 Å². The smallest absolute Gasteiger partial charge is 0.332 e. The fraction of sp³-hybridized carbons (Fsp3) is 0.240. The Labute approximate surface area is 211 Å². The van der Waals surface area contributed by atoms with Gasteiger partial charge in [0.05, 0.1) is 12.4 Å². The van der Waals surface area contributed by atoms with Gasteiger partial charge in [0.1, 0.15) is 23.0 Å². The zero-order valence-corrected chi connectivity index (χ0v) is 21.0. The van der Waals surface area contributed by atoms with Crippen LogP contribution in [-0.2, 0) is 20.5 Å². The predicted octanol–water partition coefficient (Wildman–Crippen LogP) is 2.21. The van der Waals surface area contributed by atoms with Crippen molar-refractivity contribution in [3.63, 3.8) is 0 Å². The number of rotatable bonds is 9. The Balaban J connectivity index is 1.67. The summed E-state index contributed by atoms with van der Waals surface area (Å²) in [5.41, 5.74) is 6.28. The number of Topliss-reactive ketones (excluding diaryl/α,β-unsaturated/α-hetero) is 1. The summed E-state index contributed by atoms with van der Waals surface area (Å²) in [5, 5.41) is 9.20. The average molecular weight is 507 g/mol. The predicted molar refractivity (Wildman–Crippen MR) is 138 cm³/mol. The van der Waals surface area contributed by atoms with Crippen molar-refractivity contribution in [2.24, 2.45) is 14.1 Å². The second-order valence-corrected chi connectivity index (χ2v) is 8.94. The molecular weight excluding hydrogens is 480 g/mol. The monoisotopic (exact) mass is 506 g/mol. The van der Waals surface area contributed by atoms with Crippen LogP contribution < -0.4 is 21.7 Å². The largest absolute Gasteiger partial charge is 0.494 e. The van der Waals surface area contributed by atoms with Crippen LogP contribution in [0.2, 0.25) is 0 Å². The lowest BCUT2D eigenvalue weighted by Gasteiger charge is -2.12. The van der Waals surface area contributed by atoms with E-state index in [1.807, 2.05) is 66.1 Å². The molecule has 11 heteroatoms. The standard InChI is InChI=1S/C25H26N6O4S/c1-4-35-18-12-10-17(11-13-18)31-20(14-16-8-6-5-7-9-16)27-28-24(31)36-15-19(32)21-22(26)29(2)25(34)30(3)23(21)33/h5-13H,4,14-15,26H2,1-3H3. The lowest BCUT2D eigenvalue weighted by Crippen LogP contribution is -2.41. The number of carbonyl (C=O) groups is 1. The zero-order valence-electron chi connectivity index (χ0n) is 20.2. The molecule has 2 aromatic heterocycles. The maximum atomic E-state index is 13.0. The zero-order chi connectivity index (χ0) is 25.8. The first-order valence-electron chi connectivity index (χ1n) is 11.2. The molecule has 0 unspecified atom stereocenters. The van der Waals surface area contributed by atoms with E-state index in [2.05, 4.69) is 10.2 Å². The highest BCUT2D eigenvalue weighted by molar-refractivity contribution is 7.99. The van der Waals surface area contributed by atoms with Crippen LogP contribution in [0.1, 0.15) is 28.7 Å². The molecule has 0 radical (unpaired) electrons. The van der Waals surface area contributed by atoms with Crippen molar-refractivity contribution in [3.05, 3.63) is 92.4 Å². The van der Waals surface area contributed by atoms with Gasteiger partial charge >= 0.3 is 5.69 Å². The molecule has 186 valence electrons. The lowest BCUT2D eigenvalue weighted by atomic mass is 10.1. The fourth-order valence-electron chi connectivity index (χ4n) is 3.73. The molecule has 0 saturated heterocycles. The number of hydrogen-bond acceptors (Lipinski definition) is 8. The van der Waals surface area contributed by atoms with Crippen molar-refractivity contribution in [2.75, 3.05) is 18.1 Å². The first-order chi connectivity index (χ1) is 17.3. The third kappa shape index (κ3) is 4.96. The van der Waals surface area contributed by atoms with Crippen molar-refractivity contribution in [1.29, 1.82) is 0 Å². The molecule has 2 heterocycles. The van der Waals surface area contributed by atoms with Gasteiger partial charge < -0.3 is 10.5 Å². The van der Waals surface area contributed by atoms with Crippen LogP contribution in [0.4, 0.5) is 5.82 Å². The van der Waals surface area contributed by atoms with Gasteiger partial charge in [-0.25, -0.2) is 4.79 Å². The highest BCUT2D eigenvalue weighted by Crippen LogP contribution is 2.26. The summed E-state index contributed by atoms with van der Waals surface area (Å²) >= 11 is 1.14. The van der Waals surface area contributed by atoms with Gasteiger partial charge in [-0.3, -0.25) is 23.3 Å². The maximum absolute atomic E-state index is 13.0. The molecule has 0 saturated carbocycles. The van der Waals surface area contributed by atoms with E-state index < -0.39 is 17.0 Å². The molecule has 2 N–H and O–H groups in total. The Morgan fingerprint density at radius 2 is 1.69 bits per heavy atom. The number of ether oxygens (including phenoxy) is 1. The molecule has 4 rings (SSSR count). The molecule has 0 atom stereocenters. The van der Waals surface area contributed by atoms with Crippen LogP contribution in [0.3, 0.4) is 0 Å². The third-order valence-corrected chi connectivity index (χ3v) is 6.56. The molecule has 36 heavy (non-hydrogen) atoms. The van der Waals surface area contributed by atoms with Crippen molar-refractivity contribution < 1.29 is 9.53 Å². The highest BCUT2D eigenvalue weighted by Gasteiger charge is 2.22. The summed E-state index contributed by atoms with van der Waals surface area (Å²) in [4.78, 5) is 37.7. The minimum atomic E-state index is -0.723. The summed E-state index contributed by atoms with van der Waals surface area (Å²) < 4.78 is 9.38. The molecule has 0 aliphatic carbocycles. The van der Waals surface area contributed by atoms with Crippen LogP contribution in [0.25, 0.3) is 5.69 Å². The van der Waals surface area contributed by atoms with Crippen LogP contribution in [-0.4, -0.2) is 42.0 Å². The Bertz CT molecular complexity index is 1510. The first-order valence-corrected chi connectivity index (χ1v) is 12.2. The second kappa shape index (κ2) is 10.6. The minimum absolute atomic E-state index is 0.113. The number of nitrogen functional groups attached to an aromatic ring is 1. The Morgan fingerprint density at radius 3 is 2.36 bits per heavy atom. The van der Waals surface area contributed by atoms with Crippen molar-refractivity contribution in [1.82, 2.24) is 23.9 Å². The molecule has 0 bridgehead atoms. The first kappa shape index (κ1) is 25.0. The molecule has 0 spiro atoms. The number of carbonyl (C=O) groups excluding carboxylic acids is 1. The minimum Gasteiger partial charge on any atom is -0.494 e.